The Balaban J connectivity index is 2.24. The first kappa shape index (κ1) is 12.4. The van der Waals surface area contributed by atoms with E-state index in [-0.39, 0.29) is 16.3 Å². The monoisotopic (exact) mass is 273 g/mol. The number of amides is 1. The van der Waals surface area contributed by atoms with Crippen molar-refractivity contribution < 1.29 is 13.2 Å². The zero-order chi connectivity index (χ0) is 12.7. The van der Waals surface area contributed by atoms with Crippen LogP contribution in [0.15, 0.2) is 29.2 Å². The van der Waals surface area contributed by atoms with Crippen molar-refractivity contribution >= 4 is 25.6 Å². The number of hydrogen-bond donors (Lipinski definition) is 1. The van der Waals surface area contributed by atoms with Gasteiger partial charge in [-0.15, -0.1) is 0 Å². The summed E-state index contributed by atoms with van der Waals surface area (Å²) in [6.07, 6.45) is 1.90. The van der Waals surface area contributed by atoms with E-state index in [1.807, 2.05) is 6.92 Å². The summed E-state index contributed by atoms with van der Waals surface area (Å²) in [5, 5.41) is 2.85. The zero-order valence-corrected chi connectivity index (χ0v) is 10.8. The summed E-state index contributed by atoms with van der Waals surface area (Å²) in [6, 6.07) is 5.70. The molecule has 1 aromatic rings. The molecule has 6 heteroatoms. The van der Waals surface area contributed by atoms with Gasteiger partial charge in [0, 0.05) is 21.8 Å². The molecule has 17 heavy (non-hydrogen) atoms. The quantitative estimate of drug-likeness (QED) is 0.856. The zero-order valence-electron chi connectivity index (χ0n) is 9.23. The summed E-state index contributed by atoms with van der Waals surface area (Å²) >= 11 is 0. The van der Waals surface area contributed by atoms with Gasteiger partial charge in [-0.1, -0.05) is 6.07 Å². The molecule has 1 aliphatic carbocycles. The molecule has 0 saturated heterocycles. The third-order valence-corrected chi connectivity index (χ3v) is 4.14. The molecule has 1 saturated carbocycles. The first-order chi connectivity index (χ1) is 7.80. The van der Waals surface area contributed by atoms with Gasteiger partial charge in [-0.3, -0.25) is 4.79 Å². The molecule has 1 aliphatic rings. The number of halogens is 1. The summed E-state index contributed by atoms with van der Waals surface area (Å²) in [6.45, 7) is 1.95. The number of benzene rings is 1. The van der Waals surface area contributed by atoms with Crippen molar-refractivity contribution in [3.8, 4) is 0 Å². The van der Waals surface area contributed by atoms with E-state index in [4.69, 9.17) is 10.7 Å². The molecular weight excluding hydrogens is 262 g/mol. The minimum absolute atomic E-state index is 0.0623. The largest absolute Gasteiger partial charge is 0.347 e. The van der Waals surface area contributed by atoms with Crippen molar-refractivity contribution in [2.24, 2.45) is 0 Å². The molecule has 0 aliphatic heterocycles. The lowest BCUT2D eigenvalue weighted by atomic mass is 10.2. The third kappa shape index (κ3) is 2.98. The van der Waals surface area contributed by atoms with Gasteiger partial charge in [-0.2, -0.15) is 0 Å². The molecular formula is C11H12ClNO3S. The standard InChI is InChI=1S/C11H12ClNO3S/c1-11(5-6-11)13-10(14)8-3-2-4-9(7-8)17(12,15)16/h2-4,7H,5-6H2,1H3,(H,13,14). The van der Waals surface area contributed by atoms with Crippen LogP contribution >= 0.6 is 10.7 Å². The van der Waals surface area contributed by atoms with E-state index in [1.54, 1.807) is 6.07 Å². The minimum atomic E-state index is -3.79. The van der Waals surface area contributed by atoms with Crippen LogP contribution in [-0.4, -0.2) is 19.9 Å². The van der Waals surface area contributed by atoms with Crippen LogP contribution in [0.2, 0.25) is 0 Å². The van der Waals surface area contributed by atoms with Crippen molar-refractivity contribution in [3.05, 3.63) is 29.8 Å². The van der Waals surface area contributed by atoms with Crippen molar-refractivity contribution in [3.63, 3.8) is 0 Å². The molecule has 0 atom stereocenters. The second-order valence-electron chi connectivity index (χ2n) is 4.48. The highest BCUT2D eigenvalue weighted by Gasteiger charge is 2.38. The average molecular weight is 274 g/mol. The maximum absolute atomic E-state index is 11.8. The number of carbonyl (C=O) groups excluding carboxylic acids is 1. The maximum Gasteiger partial charge on any atom is 0.261 e. The third-order valence-electron chi connectivity index (χ3n) is 2.79. The van der Waals surface area contributed by atoms with Crippen LogP contribution in [0.5, 0.6) is 0 Å². The summed E-state index contributed by atoms with van der Waals surface area (Å²) in [4.78, 5) is 11.8. The number of hydrogen-bond acceptors (Lipinski definition) is 3. The smallest absolute Gasteiger partial charge is 0.261 e. The van der Waals surface area contributed by atoms with Crippen LogP contribution in [0.1, 0.15) is 30.1 Å². The van der Waals surface area contributed by atoms with Crippen LogP contribution in [-0.2, 0) is 9.05 Å². The van der Waals surface area contributed by atoms with Crippen molar-refractivity contribution in [2.45, 2.75) is 30.2 Å². The fourth-order valence-corrected chi connectivity index (χ4v) is 2.24. The van der Waals surface area contributed by atoms with Gasteiger partial charge in [0.2, 0.25) is 0 Å². The Hall–Kier alpha value is -1.07. The van der Waals surface area contributed by atoms with E-state index >= 15 is 0 Å². The Morgan fingerprint density at radius 3 is 2.59 bits per heavy atom. The van der Waals surface area contributed by atoms with Crippen LogP contribution in [0.4, 0.5) is 0 Å². The van der Waals surface area contributed by atoms with Gasteiger partial charge >= 0.3 is 0 Å². The van der Waals surface area contributed by atoms with Crippen LogP contribution in [0.3, 0.4) is 0 Å². The van der Waals surface area contributed by atoms with E-state index in [0.29, 0.717) is 5.56 Å². The predicted octanol–water partition coefficient (Wildman–Crippen LogP) is 1.90. The highest BCUT2D eigenvalue weighted by Crippen LogP contribution is 2.34. The lowest BCUT2D eigenvalue weighted by molar-refractivity contribution is 0.0935. The summed E-state index contributed by atoms with van der Waals surface area (Å²) in [5.74, 6) is -0.271. The number of nitrogens with one attached hydrogen (secondary N) is 1. The van der Waals surface area contributed by atoms with Crippen molar-refractivity contribution in [1.29, 1.82) is 0 Å². The molecule has 0 heterocycles. The second-order valence-corrected chi connectivity index (χ2v) is 7.05. The Bertz CT molecular complexity index is 564. The topological polar surface area (TPSA) is 63.2 Å². The minimum Gasteiger partial charge on any atom is -0.347 e. The molecule has 0 radical (unpaired) electrons. The summed E-state index contributed by atoms with van der Waals surface area (Å²) in [5.41, 5.74) is 0.173. The van der Waals surface area contributed by atoms with Gasteiger partial charge in [0.15, 0.2) is 0 Å². The molecule has 92 valence electrons. The Morgan fingerprint density at radius 1 is 1.41 bits per heavy atom. The molecule has 0 spiro atoms. The van der Waals surface area contributed by atoms with Gasteiger partial charge in [0.05, 0.1) is 4.90 Å². The van der Waals surface area contributed by atoms with Crippen molar-refractivity contribution in [1.82, 2.24) is 5.32 Å². The normalized spacial score (nSPS) is 17.5. The predicted molar refractivity (Wildman–Crippen MR) is 64.6 cm³/mol. The van der Waals surface area contributed by atoms with Gasteiger partial charge in [-0.25, -0.2) is 8.42 Å². The van der Waals surface area contributed by atoms with Gasteiger partial charge in [-0.05, 0) is 38.0 Å². The van der Waals surface area contributed by atoms with E-state index in [9.17, 15) is 13.2 Å². The molecule has 0 unspecified atom stereocenters. The van der Waals surface area contributed by atoms with Crippen LogP contribution in [0.25, 0.3) is 0 Å². The summed E-state index contributed by atoms with van der Waals surface area (Å²) < 4.78 is 22.3. The Morgan fingerprint density at radius 2 is 2.06 bits per heavy atom. The number of rotatable bonds is 3. The highest BCUT2D eigenvalue weighted by molar-refractivity contribution is 8.13. The van der Waals surface area contributed by atoms with E-state index in [2.05, 4.69) is 5.32 Å². The fourth-order valence-electron chi connectivity index (χ4n) is 1.45. The Kier molecular flexibility index (Phi) is 2.91. The highest BCUT2D eigenvalue weighted by atomic mass is 35.7. The van der Waals surface area contributed by atoms with E-state index in [1.165, 1.54) is 18.2 Å². The molecule has 1 amide bonds. The van der Waals surface area contributed by atoms with Crippen molar-refractivity contribution in [2.75, 3.05) is 0 Å². The van der Waals surface area contributed by atoms with Crippen LogP contribution in [0, 0.1) is 0 Å². The first-order valence-corrected chi connectivity index (χ1v) is 7.48. The molecule has 0 aromatic heterocycles. The lowest BCUT2D eigenvalue weighted by Gasteiger charge is -2.11. The number of carbonyl (C=O) groups is 1. The van der Waals surface area contributed by atoms with Gasteiger partial charge in [0.25, 0.3) is 15.0 Å². The average Bonchev–Trinajstić information content (AvgIpc) is 2.95. The lowest BCUT2D eigenvalue weighted by Crippen LogP contribution is -2.34. The molecule has 4 nitrogen and oxygen atoms in total. The molecule has 1 aromatic carbocycles. The fraction of sp³-hybridized carbons (Fsp3) is 0.364. The van der Waals surface area contributed by atoms with Crippen LogP contribution < -0.4 is 5.32 Å². The summed E-state index contributed by atoms with van der Waals surface area (Å²) in [7, 11) is 1.43. The second kappa shape index (κ2) is 3.99. The van der Waals surface area contributed by atoms with E-state index < -0.39 is 9.05 Å². The van der Waals surface area contributed by atoms with Gasteiger partial charge < -0.3 is 5.32 Å². The molecule has 2 rings (SSSR count). The molecule has 1 N–H and O–H groups in total. The SMILES string of the molecule is CC1(NC(=O)c2cccc(S(=O)(=O)Cl)c2)CC1. The molecule has 0 bridgehead atoms. The van der Waals surface area contributed by atoms with Gasteiger partial charge in [0.1, 0.15) is 0 Å². The Labute approximate surface area is 104 Å². The molecule has 1 fully saturated rings. The maximum atomic E-state index is 11.8. The first-order valence-electron chi connectivity index (χ1n) is 5.17. The van der Waals surface area contributed by atoms with E-state index in [0.717, 1.165) is 12.8 Å².